The summed E-state index contributed by atoms with van der Waals surface area (Å²) in [6.07, 6.45) is -0.601. The van der Waals surface area contributed by atoms with Gasteiger partial charge in [0.2, 0.25) is 11.2 Å². The summed E-state index contributed by atoms with van der Waals surface area (Å²) in [5, 5.41) is 41.4. The lowest BCUT2D eigenvalue weighted by atomic mass is 10.1. The van der Waals surface area contributed by atoms with Crippen molar-refractivity contribution in [3.63, 3.8) is 0 Å². The summed E-state index contributed by atoms with van der Waals surface area (Å²) in [6.45, 7) is 3.58. The van der Waals surface area contributed by atoms with Gasteiger partial charge in [0.05, 0.1) is 11.5 Å². The van der Waals surface area contributed by atoms with Crippen LogP contribution in [-0.4, -0.2) is 32.6 Å². The minimum absolute atomic E-state index is 0.0872. The number of anilines is 1. The summed E-state index contributed by atoms with van der Waals surface area (Å²) in [5.41, 5.74) is 0.285. The van der Waals surface area contributed by atoms with Crippen LogP contribution in [0.5, 0.6) is 23.0 Å². The molecule has 1 aromatic heterocycles. The van der Waals surface area contributed by atoms with Crippen molar-refractivity contribution < 1.29 is 34.4 Å². The highest BCUT2D eigenvalue weighted by Crippen LogP contribution is 2.35. The lowest BCUT2D eigenvalue weighted by Gasteiger charge is -2.09. The van der Waals surface area contributed by atoms with Gasteiger partial charge in [-0.1, -0.05) is 17.7 Å². The number of ether oxygens (including phenoxy) is 1. The summed E-state index contributed by atoms with van der Waals surface area (Å²) in [7, 11) is 0. The first-order valence-corrected chi connectivity index (χ1v) is 10.7. The van der Waals surface area contributed by atoms with Crippen molar-refractivity contribution in [3.8, 4) is 34.3 Å². The van der Waals surface area contributed by atoms with Crippen LogP contribution in [0.15, 0.2) is 69.9 Å². The molecule has 0 bridgehead atoms. The average Bonchev–Trinajstić information content (AvgIpc) is 2.78. The predicted molar refractivity (Wildman–Crippen MR) is 131 cm³/mol. The largest absolute Gasteiger partial charge is 0.508 e. The van der Waals surface area contributed by atoms with E-state index in [1.165, 1.54) is 30.3 Å². The summed E-state index contributed by atoms with van der Waals surface area (Å²) in [4.78, 5) is 23.2. The van der Waals surface area contributed by atoms with Crippen molar-refractivity contribution in [1.82, 2.24) is 0 Å². The monoisotopic (exact) mass is 499 g/mol. The fraction of sp³-hybridized carbons (Fsp3) is 0.120. The van der Waals surface area contributed by atoms with E-state index in [-0.39, 0.29) is 39.9 Å². The van der Waals surface area contributed by atoms with Gasteiger partial charge in [0.25, 0.3) is 0 Å². The van der Waals surface area contributed by atoms with Crippen molar-refractivity contribution in [1.29, 1.82) is 0 Å². The molecule has 0 aliphatic rings. The third-order valence-electron chi connectivity index (χ3n) is 4.50. The van der Waals surface area contributed by atoms with Crippen LogP contribution in [0.1, 0.15) is 13.8 Å². The molecule has 5 N–H and O–H groups in total. The van der Waals surface area contributed by atoms with Crippen molar-refractivity contribution >= 4 is 34.4 Å². The predicted octanol–water partition coefficient (Wildman–Crippen LogP) is 5.58. The summed E-state index contributed by atoms with van der Waals surface area (Å²) < 4.78 is 10.3. The molecule has 0 spiro atoms. The molecule has 182 valence electrons. The first-order valence-electron chi connectivity index (χ1n) is 10.3. The highest BCUT2D eigenvalue weighted by Gasteiger charge is 2.16. The van der Waals surface area contributed by atoms with Gasteiger partial charge in [-0.3, -0.25) is 10.1 Å². The van der Waals surface area contributed by atoms with Gasteiger partial charge in [0.15, 0.2) is 17.3 Å². The van der Waals surface area contributed by atoms with Gasteiger partial charge in [0, 0.05) is 22.3 Å². The quantitative estimate of drug-likeness (QED) is 0.229. The fourth-order valence-electron chi connectivity index (χ4n) is 2.96. The van der Waals surface area contributed by atoms with Crippen LogP contribution in [0.3, 0.4) is 0 Å². The number of rotatable bonds is 3. The molecule has 1 heterocycles. The molecule has 0 fully saturated rings. The van der Waals surface area contributed by atoms with Gasteiger partial charge in [-0.2, -0.15) is 0 Å². The number of phenolic OH excluding ortho intramolecular Hbond substituents is 3. The smallest absolute Gasteiger partial charge is 0.411 e. The number of aromatic hydroxyl groups is 4. The molecule has 0 saturated heterocycles. The zero-order chi connectivity index (χ0) is 25.7. The van der Waals surface area contributed by atoms with E-state index in [0.29, 0.717) is 10.7 Å². The molecule has 1 amide bonds. The number of hydrogen-bond donors (Lipinski definition) is 5. The second-order valence-electron chi connectivity index (χ2n) is 7.58. The van der Waals surface area contributed by atoms with Crippen LogP contribution in [0.4, 0.5) is 10.5 Å². The van der Waals surface area contributed by atoms with Gasteiger partial charge in [0.1, 0.15) is 11.3 Å². The lowest BCUT2D eigenvalue weighted by Crippen LogP contribution is -2.17. The Morgan fingerprint density at radius 3 is 2.37 bits per heavy atom. The molecule has 0 radical (unpaired) electrons. The molecule has 0 aliphatic carbocycles. The Kier molecular flexibility index (Phi) is 7.73. The maximum absolute atomic E-state index is 12.1. The third kappa shape index (κ3) is 6.36. The number of carbonyl (C=O) groups is 1. The first kappa shape index (κ1) is 25.3. The number of hydrogen-bond acceptors (Lipinski definition) is 8. The molecule has 0 atom stereocenters. The Balaban J connectivity index is 0.000000214. The molecule has 4 rings (SSSR count). The molecule has 10 heteroatoms. The standard InChI is InChI=1S/C15H10O6.C10H12ClNO2/c16-8-2-3-9-12(6-8)21-15(14(20)13(9)19)7-1-4-10(17)11(18)5-7;1-7(2)14-10(13)12-9-5-3-4-8(11)6-9/h1-6,16-18,20H;3-7H,1-2H3,(H,12,13). The van der Waals surface area contributed by atoms with E-state index in [1.54, 1.807) is 38.1 Å². The average molecular weight is 500 g/mol. The van der Waals surface area contributed by atoms with Gasteiger partial charge in [-0.25, -0.2) is 4.79 Å². The molecule has 35 heavy (non-hydrogen) atoms. The van der Waals surface area contributed by atoms with E-state index in [2.05, 4.69) is 5.32 Å². The van der Waals surface area contributed by atoms with E-state index in [9.17, 15) is 30.0 Å². The molecule has 0 saturated carbocycles. The number of fused-ring (bicyclic) bond motifs is 1. The van der Waals surface area contributed by atoms with Crippen molar-refractivity contribution in [2.75, 3.05) is 5.32 Å². The zero-order valence-corrected chi connectivity index (χ0v) is 19.4. The molecule has 0 unspecified atom stereocenters. The summed E-state index contributed by atoms with van der Waals surface area (Å²) in [6, 6.07) is 14.5. The maximum atomic E-state index is 12.1. The number of amides is 1. The van der Waals surface area contributed by atoms with Crippen LogP contribution in [0.25, 0.3) is 22.3 Å². The second kappa shape index (κ2) is 10.7. The van der Waals surface area contributed by atoms with Crippen LogP contribution in [0.2, 0.25) is 5.02 Å². The van der Waals surface area contributed by atoms with E-state index in [4.69, 9.17) is 20.8 Å². The molecule has 0 aliphatic heterocycles. The van der Waals surface area contributed by atoms with E-state index in [1.807, 2.05) is 0 Å². The number of halogens is 1. The van der Waals surface area contributed by atoms with E-state index >= 15 is 0 Å². The van der Waals surface area contributed by atoms with Gasteiger partial charge < -0.3 is 29.6 Å². The van der Waals surface area contributed by atoms with Crippen LogP contribution >= 0.6 is 11.6 Å². The Bertz CT molecular complexity index is 1430. The number of benzene rings is 3. The normalized spacial score (nSPS) is 10.5. The minimum Gasteiger partial charge on any atom is -0.508 e. The van der Waals surface area contributed by atoms with Gasteiger partial charge in [-0.05, 0) is 62.4 Å². The Hall–Kier alpha value is -4.37. The molecule has 4 aromatic rings. The Morgan fingerprint density at radius 1 is 0.971 bits per heavy atom. The first-order chi connectivity index (χ1) is 16.5. The summed E-state index contributed by atoms with van der Waals surface area (Å²) >= 11 is 5.74. The highest BCUT2D eigenvalue weighted by atomic mass is 35.5. The third-order valence-corrected chi connectivity index (χ3v) is 4.74. The van der Waals surface area contributed by atoms with Gasteiger partial charge >= 0.3 is 6.09 Å². The maximum Gasteiger partial charge on any atom is 0.411 e. The lowest BCUT2D eigenvalue weighted by molar-refractivity contribution is 0.130. The molecule has 9 nitrogen and oxygen atoms in total. The Morgan fingerprint density at radius 2 is 1.71 bits per heavy atom. The molecular weight excluding hydrogens is 478 g/mol. The topological polar surface area (TPSA) is 149 Å². The second-order valence-corrected chi connectivity index (χ2v) is 8.02. The number of nitrogens with one attached hydrogen (secondary N) is 1. The van der Waals surface area contributed by atoms with Crippen molar-refractivity contribution in [2.24, 2.45) is 0 Å². The molecule has 3 aromatic carbocycles. The Labute approximate surface area is 204 Å². The fourth-order valence-corrected chi connectivity index (χ4v) is 3.15. The SMILES string of the molecule is CC(C)OC(=O)Nc1cccc(Cl)c1.O=c1c(O)c(-c2ccc(O)c(O)c2)oc2cc(O)ccc12. The molecular formula is C25H22ClNO8. The zero-order valence-electron chi connectivity index (χ0n) is 18.7. The number of phenols is 3. The highest BCUT2D eigenvalue weighted by molar-refractivity contribution is 6.30. The van der Waals surface area contributed by atoms with E-state index in [0.717, 1.165) is 6.07 Å². The van der Waals surface area contributed by atoms with Gasteiger partial charge in [-0.15, -0.1) is 0 Å². The number of carbonyl (C=O) groups excluding carboxylic acids is 1. The van der Waals surface area contributed by atoms with Crippen LogP contribution in [-0.2, 0) is 4.74 Å². The van der Waals surface area contributed by atoms with E-state index < -0.39 is 23.0 Å². The minimum atomic E-state index is -0.654. The van der Waals surface area contributed by atoms with Crippen LogP contribution < -0.4 is 10.7 Å². The van der Waals surface area contributed by atoms with Crippen molar-refractivity contribution in [2.45, 2.75) is 20.0 Å². The van der Waals surface area contributed by atoms with Crippen LogP contribution in [0, 0.1) is 0 Å². The summed E-state index contributed by atoms with van der Waals surface area (Å²) in [5.74, 6) is -1.60. The van der Waals surface area contributed by atoms with Crippen molar-refractivity contribution in [3.05, 3.63) is 75.9 Å².